The molecule has 48 heavy (non-hydrogen) atoms. The molecule has 2 N–H and O–H groups in total. The first kappa shape index (κ1) is 32.6. The topological polar surface area (TPSA) is 102 Å². The summed E-state index contributed by atoms with van der Waals surface area (Å²) in [6.45, 7) is 6.57. The third kappa shape index (κ3) is 7.37. The molecule has 3 aromatic carbocycles. The number of amides is 1. The largest absolute Gasteiger partial charge is 0.392 e. The molecule has 1 aromatic heterocycles. The van der Waals surface area contributed by atoms with Crippen molar-refractivity contribution in [2.45, 2.75) is 57.2 Å². The van der Waals surface area contributed by atoms with Gasteiger partial charge in [-0.2, -0.15) is 0 Å². The van der Waals surface area contributed by atoms with Crippen LogP contribution < -0.4 is 5.32 Å². The number of pyridine rings is 1. The van der Waals surface area contributed by atoms with E-state index in [9.17, 15) is 9.90 Å². The number of nitrogens with zero attached hydrogens (tertiary/aromatic N) is 2. The highest BCUT2D eigenvalue weighted by Crippen LogP contribution is 2.43. The summed E-state index contributed by atoms with van der Waals surface area (Å²) in [5.41, 5.74) is 6.58. The lowest BCUT2D eigenvalue weighted by Gasteiger charge is -2.44. The van der Waals surface area contributed by atoms with Crippen LogP contribution in [0.2, 0.25) is 0 Å². The van der Waals surface area contributed by atoms with E-state index in [4.69, 9.17) is 18.9 Å². The van der Waals surface area contributed by atoms with Gasteiger partial charge in [0.25, 0.3) is 5.91 Å². The monoisotopic (exact) mass is 649 g/mol. The molecule has 9 heteroatoms. The second-order valence-corrected chi connectivity index (χ2v) is 13.0. The van der Waals surface area contributed by atoms with Crippen LogP contribution in [0.5, 0.6) is 0 Å². The van der Waals surface area contributed by atoms with E-state index in [1.54, 1.807) is 24.5 Å². The van der Waals surface area contributed by atoms with Crippen molar-refractivity contribution in [3.8, 4) is 11.1 Å². The minimum Gasteiger partial charge on any atom is -0.392 e. The summed E-state index contributed by atoms with van der Waals surface area (Å²) in [5, 5.41) is 12.6. The Morgan fingerprint density at radius 3 is 2.35 bits per heavy atom. The molecule has 250 valence electrons. The molecule has 0 bridgehead atoms. The van der Waals surface area contributed by atoms with Crippen molar-refractivity contribution >= 4 is 5.91 Å². The number of carbonyl (C=O) groups is 1. The van der Waals surface area contributed by atoms with Crippen molar-refractivity contribution in [2.24, 2.45) is 5.92 Å². The summed E-state index contributed by atoms with van der Waals surface area (Å²) in [4.78, 5) is 19.0. The Morgan fingerprint density at radius 2 is 1.65 bits per heavy atom. The highest BCUT2D eigenvalue weighted by Gasteiger charge is 2.43. The van der Waals surface area contributed by atoms with Gasteiger partial charge in [-0.05, 0) is 46.0 Å². The van der Waals surface area contributed by atoms with E-state index in [0.717, 1.165) is 65.9 Å². The number of rotatable bonds is 9. The average molecular weight is 650 g/mol. The van der Waals surface area contributed by atoms with Gasteiger partial charge in [0.2, 0.25) is 0 Å². The maximum Gasteiger partial charge on any atom is 0.253 e. The van der Waals surface area contributed by atoms with Crippen LogP contribution in [-0.4, -0.2) is 65.6 Å². The zero-order valence-electron chi connectivity index (χ0n) is 27.3. The van der Waals surface area contributed by atoms with Gasteiger partial charge >= 0.3 is 0 Å². The molecule has 7 rings (SSSR count). The van der Waals surface area contributed by atoms with Gasteiger partial charge in [0, 0.05) is 62.9 Å². The van der Waals surface area contributed by atoms with Crippen LogP contribution in [0.15, 0.2) is 97.3 Å². The van der Waals surface area contributed by atoms with Gasteiger partial charge < -0.3 is 34.3 Å². The first-order valence-corrected chi connectivity index (χ1v) is 16.9. The number of nitrogens with one attached hydrogen (secondary N) is 1. The third-order valence-electron chi connectivity index (χ3n) is 9.81. The third-order valence-corrected chi connectivity index (χ3v) is 9.81. The summed E-state index contributed by atoms with van der Waals surface area (Å²) < 4.78 is 25.4. The summed E-state index contributed by atoms with van der Waals surface area (Å²) in [6.07, 6.45) is 4.18. The zero-order valence-corrected chi connectivity index (χ0v) is 27.3. The van der Waals surface area contributed by atoms with Gasteiger partial charge in [-0.1, -0.05) is 73.7 Å². The number of aromatic nitrogens is 1. The fourth-order valence-corrected chi connectivity index (χ4v) is 6.92. The molecule has 3 aliphatic rings. The van der Waals surface area contributed by atoms with Crippen LogP contribution in [0.3, 0.4) is 0 Å². The first-order chi connectivity index (χ1) is 23.5. The van der Waals surface area contributed by atoms with Crippen molar-refractivity contribution in [2.75, 3.05) is 32.8 Å². The summed E-state index contributed by atoms with van der Waals surface area (Å²) in [6, 6.07) is 28.1. The molecule has 0 radical (unpaired) electrons. The number of ether oxygens (including phenoxy) is 4. The fraction of sp³-hybridized carbons (Fsp3) is 0.385. The van der Waals surface area contributed by atoms with Crippen molar-refractivity contribution in [1.82, 2.24) is 15.2 Å². The molecular weight excluding hydrogens is 606 g/mol. The molecule has 0 aliphatic carbocycles. The van der Waals surface area contributed by atoms with E-state index >= 15 is 0 Å². The fourth-order valence-electron chi connectivity index (χ4n) is 6.92. The highest BCUT2D eigenvalue weighted by atomic mass is 16.7. The van der Waals surface area contributed by atoms with Crippen molar-refractivity contribution in [3.05, 3.63) is 125 Å². The Labute approximate surface area is 281 Å². The lowest BCUT2D eigenvalue weighted by Crippen LogP contribution is -2.50. The lowest BCUT2D eigenvalue weighted by molar-refractivity contribution is -0.278. The molecular formula is C39H43N3O6. The van der Waals surface area contributed by atoms with Gasteiger partial charge in [0.15, 0.2) is 12.1 Å². The van der Waals surface area contributed by atoms with Crippen molar-refractivity contribution in [1.29, 1.82) is 0 Å². The standard InChI is InChI=1S/C39H43N3O6/c1-27-35(25-42-18-15-39(16-19-42)45-20-21-46-39)47-38(48-36(27)31-9-7-28(26-43)8-10-31)32-13-11-30(12-14-32)33-5-2-4-29(22-33)23-41-37(44)34-6-3-17-40-24-34/h2-14,17,22,24,27,35-36,38,43H,15-16,18-21,23,25-26H2,1H3,(H,41,44). The summed E-state index contributed by atoms with van der Waals surface area (Å²) in [5.74, 6) is -0.453. The number of aliphatic hydroxyl groups is 1. The van der Waals surface area contributed by atoms with Gasteiger partial charge in [0.05, 0.1) is 37.6 Å². The summed E-state index contributed by atoms with van der Waals surface area (Å²) in [7, 11) is 0. The minimum atomic E-state index is -0.533. The van der Waals surface area contributed by atoms with E-state index in [1.807, 2.05) is 24.3 Å². The van der Waals surface area contributed by atoms with Crippen LogP contribution >= 0.6 is 0 Å². The van der Waals surface area contributed by atoms with E-state index in [-0.39, 0.29) is 30.6 Å². The number of likely N-dealkylation sites (tertiary alicyclic amines) is 1. The van der Waals surface area contributed by atoms with Crippen LogP contribution in [0.4, 0.5) is 0 Å². The average Bonchev–Trinajstić information content (AvgIpc) is 3.61. The first-order valence-electron chi connectivity index (χ1n) is 16.9. The van der Waals surface area contributed by atoms with Crippen molar-refractivity contribution < 1.29 is 28.8 Å². The molecule has 4 heterocycles. The number of carbonyl (C=O) groups excluding carboxylic acids is 1. The minimum absolute atomic E-state index is 0.00882. The predicted molar refractivity (Wildman–Crippen MR) is 181 cm³/mol. The van der Waals surface area contributed by atoms with Gasteiger partial charge in [-0.15, -0.1) is 0 Å². The number of aliphatic hydroxyl groups excluding tert-OH is 1. The Balaban J connectivity index is 1.06. The van der Waals surface area contributed by atoms with Crippen LogP contribution in [-0.2, 0) is 32.1 Å². The molecule has 4 unspecified atom stereocenters. The maximum absolute atomic E-state index is 12.5. The SMILES string of the molecule is CC1C(CN2CCC3(CC2)OCCO3)OC(c2ccc(-c3cccc(CNC(=O)c4cccnc4)c3)cc2)OC1c1ccc(CO)cc1. The molecule has 1 amide bonds. The molecule has 3 fully saturated rings. The van der Waals surface area contributed by atoms with E-state index in [1.165, 1.54) is 0 Å². The van der Waals surface area contributed by atoms with Gasteiger partial charge in [-0.3, -0.25) is 9.78 Å². The molecule has 4 aromatic rings. The second-order valence-electron chi connectivity index (χ2n) is 13.0. The number of hydrogen-bond donors (Lipinski definition) is 2. The van der Waals surface area contributed by atoms with Gasteiger partial charge in [-0.25, -0.2) is 0 Å². The molecule has 9 nitrogen and oxygen atoms in total. The smallest absolute Gasteiger partial charge is 0.253 e. The highest BCUT2D eigenvalue weighted by molar-refractivity contribution is 5.93. The van der Waals surface area contributed by atoms with Crippen LogP contribution in [0, 0.1) is 5.92 Å². The second kappa shape index (κ2) is 14.7. The lowest BCUT2D eigenvalue weighted by atomic mass is 9.89. The summed E-state index contributed by atoms with van der Waals surface area (Å²) >= 11 is 0. The number of piperidine rings is 1. The van der Waals surface area contributed by atoms with Gasteiger partial charge in [0.1, 0.15) is 0 Å². The molecule has 0 saturated carbocycles. The molecule has 3 saturated heterocycles. The Hall–Kier alpha value is -3.96. The Bertz CT molecular complexity index is 1650. The zero-order chi connectivity index (χ0) is 32.9. The van der Waals surface area contributed by atoms with E-state index in [0.29, 0.717) is 25.3 Å². The molecule has 1 spiro atoms. The number of benzene rings is 3. The molecule has 4 atom stereocenters. The van der Waals surface area contributed by atoms with E-state index in [2.05, 4.69) is 70.7 Å². The van der Waals surface area contributed by atoms with E-state index < -0.39 is 12.1 Å². The Morgan fingerprint density at radius 1 is 0.896 bits per heavy atom. The maximum atomic E-state index is 12.5. The quantitative estimate of drug-likeness (QED) is 0.235. The predicted octanol–water partition coefficient (Wildman–Crippen LogP) is 5.80. The van der Waals surface area contributed by atoms with Crippen molar-refractivity contribution in [3.63, 3.8) is 0 Å². The van der Waals surface area contributed by atoms with Crippen LogP contribution in [0.25, 0.3) is 11.1 Å². The normalized spacial score (nSPS) is 24.0. The Kier molecular flexibility index (Phi) is 9.95. The van der Waals surface area contributed by atoms with Crippen LogP contribution in [0.1, 0.15) is 64.8 Å². The number of hydrogen-bond acceptors (Lipinski definition) is 8. The molecule has 3 aliphatic heterocycles.